The minimum Gasteiger partial charge on any atom is -0.484 e. The number of methoxy groups -OCH3 is 1. The van der Waals surface area contributed by atoms with Crippen LogP contribution in [-0.4, -0.2) is 109 Å². The monoisotopic (exact) mass is 728 g/mol. The summed E-state index contributed by atoms with van der Waals surface area (Å²) in [5.74, 6) is -1.32. The van der Waals surface area contributed by atoms with Crippen molar-refractivity contribution in [1.82, 2.24) is 30.7 Å². The molecule has 1 saturated heterocycles. The molecule has 4 atom stereocenters. The maximum Gasteiger partial charge on any atom is 0.276 e. The smallest absolute Gasteiger partial charge is 0.276 e. The fourth-order valence-electron chi connectivity index (χ4n) is 7.01. The molecule has 1 aliphatic carbocycles. The summed E-state index contributed by atoms with van der Waals surface area (Å²) in [6.45, 7) is 3.87. The fraction of sp³-hybridized carbons (Fsp3) is 0.487. The van der Waals surface area contributed by atoms with Crippen LogP contribution in [0.5, 0.6) is 5.75 Å². The average molecular weight is 729 g/mol. The average Bonchev–Trinajstić information content (AvgIpc) is 3.71. The number of aromatic nitrogens is 1. The summed E-state index contributed by atoms with van der Waals surface area (Å²) >= 11 is 0. The summed E-state index contributed by atoms with van der Waals surface area (Å²) in [5, 5.41) is 8.86. The zero-order valence-electron chi connectivity index (χ0n) is 30.4. The van der Waals surface area contributed by atoms with Gasteiger partial charge in [-0.25, -0.2) is 4.98 Å². The van der Waals surface area contributed by atoms with Gasteiger partial charge in [0, 0.05) is 45.0 Å². The van der Waals surface area contributed by atoms with E-state index in [1.165, 1.54) is 18.4 Å². The molecule has 2 aromatic carbocycles. The summed E-state index contributed by atoms with van der Waals surface area (Å²) in [6.07, 6.45) is 3.69. The van der Waals surface area contributed by atoms with Gasteiger partial charge in [-0.05, 0) is 48.4 Å². The molecule has 3 aliphatic rings. The molecule has 53 heavy (non-hydrogen) atoms. The summed E-state index contributed by atoms with van der Waals surface area (Å²) < 4.78 is 16.8. The van der Waals surface area contributed by atoms with Crippen molar-refractivity contribution in [3.63, 3.8) is 0 Å². The van der Waals surface area contributed by atoms with Crippen molar-refractivity contribution in [3.05, 3.63) is 83.6 Å². The van der Waals surface area contributed by atoms with Crippen molar-refractivity contribution in [2.24, 2.45) is 5.92 Å². The van der Waals surface area contributed by atoms with Crippen LogP contribution in [0.4, 0.5) is 0 Å². The number of benzene rings is 2. The molecule has 1 aromatic heterocycles. The number of nitrogens with zero attached hydrogens (tertiary/aromatic N) is 3. The van der Waals surface area contributed by atoms with E-state index in [0.717, 1.165) is 24.0 Å². The van der Waals surface area contributed by atoms with E-state index >= 15 is 0 Å². The van der Waals surface area contributed by atoms with E-state index < -0.39 is 41.8 Å². The SMILES string of the molecule is COCCN1CC(=O)N[C@@H](Cc2ccccc2)C(=O)N[C@@H]2CN(C(=O)c3ncoc3C3CC3)C[C@H]2c2cccc(c2)OCC(=O)N[C@H](CC(C)C)C1=O. The number of likely N-dealkylation sites (tertiary alicyclic amines) is 1. The highest BCUT2D eigenvalue weighted by molar-refractivity contribution is 5.95. The van der Waals surface area contributed by atoms with Crippen molar-refractivity contribution in [1.29, 1.82) is 0 Å². The molecule has 6 rings (SSSR count). The lowest BCUT2D eigenvalue weighted by molar-refractivity contribution is -0.141. The summed E-state index contributed by atoms with van der Waals surface area (Å²) in [4.78, 5) is 76.3. The summed E-state index contributed by atoms with van der Waals surface area (Å²) in [5.41, 5.74) is 1.90. The molecule has 1 saturated carbocycles. The Balaban J connectivity index is 1.33. The predicted octanol–water partition coefficient (Wildman–Crippen LogP) is 2.40. The maximum absolute atomic E-state index is 14.3. The highest BCUT2D eigenvalue weighted by atomic mass is 16.5. The number of nitrogens with one attached hydrogen (secondary N) is 3. The van der Waals surface area contributed by atoms with Crippen LogP contribution < -0.4 is 20.7 Å². The van der Waals surface area contributed by atoms with Gasteiger partial charge in [0.25, 0.3) is 11.8 Å². The maximum atomic E-state index is 14.3. The number of amides is 5. The molecule has 282 valence electrons. The van der Waals surface area contributed by atoms with Gasteiger partial charge in [0.05, 0.1) is 19.2 Å². The number of hydrogen-bond donors (Lipinski definition) is 3. The van der Waals surface area contributed by atoms with Crippen LogP contribution in [-0.2, 0) is 30.3 Å². The van der Waals surface area contributed by atoms with Crippen LogP contribution in [0.1, 0.15) is 72.3 Å². The van der Waals surface area contributed by atoms with E-state index in [9.17, 15) is 24.0 Å². The fourth-order valence-corrected chi connectivity index (χ4v) is 7.01. The van der Waals surface area contributed by atoms with E-state index in [2.05, 4.69) is 20.9 Å². The lowest BCUT2D eigenvalue weighted by atomic mass is 9.93. The van der Waals surface area contributed by atoms with Crippen LogP contribution in [0.3, 0.4) is 0 Å². The zero-order chi connectivity index (χ0) is 37.5. The van der Waals surface area contributed by atoms with Gasteiger partial charge in [0.2, 0.25) is 17.7 Å². The van der Waals surface area contributed by atoms with Gasteiger partial charge in [-0.15, -0.1) is 0 Å². The Bertz CT molecular complexity index is 1780. The second kappa shape index (κ2) is 17.1. The van der Waals surface area contributed by atoms with Gasteiger partial charge in [0.15, 0.2) is 18.7 Å². The topological polar surface area (TPSA) is 172 Å². The van der Waals surface area contributed by atoms with E-state index in [-0.39, 0.29) is 75.2 Å². The minimum absolute atomic E-state index is 0.0483. The van der Waals surface area contributed by atoms with Crippen molar-refractivity contribution in [2.75, 3.05) is 46.5 Å². The molecule has 2 fully saturated rings. The minimum atomic E-state index is -1.01. The zero-order valence-corrected chi connectivity index (χ0v) is 30.4. The van der Waals surface area contributed by atoms with E-state index in [1.807, 2.05) is 50.2 Å². The van der Waals surface area contributed by atoms with Crippen molar-refractivity contribution < 1.29 is 37.9 Å². The lowest BCUT2D eigenvalue weighted by Crippen LogP contribution is -2.56. The van der Waals surface area contributed by atoms with E-state index in [1.54, 1.807) is 23.1 Å². The molecule has 3 N–H and O–H groups in total. The molecule has 0 spiro atoms. The van der Waals surface area contributed by atoms with Crippen LogP contribution in [0.25, 0.3) is 0 Å². The molecule has 14 nitrogen and oxygen atoms in total. The second-order valence-electron chi connectivity index (χ2n) is 14.4. The van der Waals surface area contributed by atoms with Crippen LogP contribution in [0, 0.1) is 5.92 Å². The standard InChI is InChI=1S/C39H48N6O8/c1-24(2)16-31-38(49)44(14-15-51-3)21-33(46)41-30(17-25-8-5-4-6-9-25)37(48)43-32-20-45(39(50)35-36(26-12-13-26)53-23-40-35)19-29(32)27-10-7-11-28(18-27)52-22-34(47)42-31/h4-11,18,23-24,26,29-32H,12-17,19-22H2,1-3H3,(H,41,46)(H,42,47)(H,43,48)/t29-,30-,31+,32+/m0/s1. The van der Waals surface area contributed by atoms with Gasteiger partial charge in [-0.1, -0.05) is 56.3 Å². The molecule has 0 radical (unpaired) electrons. The van der Waals surface area contributed by atoms with Gasteiger partial charge in [-0.2, -0.15) is 0 Å². The number of fused-ring (bicyclic) bond motifs is 4. The predicted molar refractivity (Wildman–Crippen MR) is 193 cm³/mol. The third-order valence-corrected chi connectivity index (χ3v) is 9.82. The van der Waals surface area contributed by atoms with Crippen molar-refractivity contribution in [2.45, 2.75) is 69.5 Å². The second-order valence-corrected chi connectivity index (χ2v) is 14.4. The molecular formula is C39H48N6O8. The van der Waals surface area contributed by atoms with E-state index in [4.69, 9.17) is 13.9 Å². The Labute approximate surface area is 309 Å². The summed E-state index contributed by atoms with van der Waals surface area (Å²) in [6, 6.07) is 14.1. The molecule has 3 heterocycles. The Morgan fingerprint density at radius 3 is 2.47 bits per heavy atom. The third-order valence-electron chi connectivity index (χ3n) is 9.82. The van der Waals surface area contributed by atoms with E-state index in [0.29, 0.717) is 17.9 Å². The van der Waals surface area contributed by atoms with Crippen LogP contribution in [0.2, 0.25) is 0 Å². The Morgan fingerprint density at radius 2 is 1.74 bits per heavy atom. The molecule has 5 amide bonds. The molecule has 14 heteroatoms. The molecule has 0 unspecified atom stereocenters. The number of oxazole rings is 1. The van der Waals surface area contributed by atoms with Crippen molar-refractivity contribution in [3.8, 4) is 5.75 Å². The largest absolute Gasteiger partial charge is 0.484 e. The molecule has 2 aliphatic heterocycles. The molecular weight excluding hydrogens is 680 g/mol. The Kier molecular flexibility index (Phi) is 12.1. The highest BCUT2D eigenvalue weighted by Gasteiger charge is 2.42. The molecule has 3 aromatic rings. The third kappa shape index (κ3) is 9.60. The Hall–Kier alpha value is -5.24. The van der Waals surface area contributed by atoms with Gasteiger partial charge < -0.3 is 39.6 Å². The normalized spacial score (nSPS) is 23.0. The number of hydrogen-bond acceptors (Lipinski definition) is 9. The quantitative estimate of drug-likeness (QED) is 0.299. The number of carbonyl (C=O) groups is 5. The first-order chi connectivity index (χ1) is 25.6. The number of carbonyl (C=O) groups excluding carboxylic acids is 5. The highest BCUT2D eigenvalue weighted by Crippen LogP contribution is 2.42. The van der Waals surface area contributed by atoms with Crippen LogP contribution >= 0.6 is 0 Å². The first-order valence-electron chi connectivity index (χ1n) is 18.3. The van der Waals surface area contributed by atoms with Gasteiger partial charge >= 0.3 is 0 Å². The van der Waals surface area contributed by atoms with Crippen LogP contribution in [0.15, 0.2) is 65.4 Å². The lowest BCUT2D eigenvalue weighted by Gasteiger charge is -2.29. The number of ether oxygens (including phenoxy) is 2. The molecule has 2 bridgehead atoms. The first kappa shape index (κ1) is 37.5. The van der Waals surface area contributed by atoms with Crippen molar-refractivity contribution >= 4 is 29.5 Å². The Morgan fingerprint density at radius 1 is 0.962 bits per heavy atom. The number of rotatable bonds is 9. The van der Waals surface area contributed by atoms with Gasteiger partial charge in [-0.3, -0.25) is 24.0 Å². The first-order valence-corrected chi connectivity index (χ1v) is 18.3. The van der Waals surface area contributed by atoms with Gasteiger partial charge in [0.1, 0.15) is 23.6 Å². The summed E-state index contributed by atoms with van der Waals surface area (Å²) in [7, 11) is 1.50.